The van der Waals surface area contributed by atoms with Crippen LogP contribution in [-0.2, 0) is 12.0 Å². The highest BCUT2D eigenvalue weighted by molar-refractivity contribution is 5.52. The Balaban J connectivity index is 1.74. The van der Waals surface area contributed by atoms with Crippen LogP contribution in [-0.4, -0.2) is 6.04 Å². The van der Waals surface area contributed by atoms with Crippen LogP contribution in [0.15, 0.2) is 109 Å². The molecule has 4 aromatic carbocycles. The lowest BCUT2D eigenvalue weighted by atomic mass is 9.66. The molecule has 34 heavy (non-hydrogen) atoms. The standard InChI is InChI=1S/C32H32N2/c1-25-18-19-30(22-26(25)2)32(28-14-8-4-9-15-28,29-16-10-5-11-17-29)21-20-31(23-33)34-24-27-12-6-3-7-13-27/h3-19,22,31,34H,20-21,24H2,1-2H3. The molecule has 0 saturated heterocycles. The first-order valence-corrected chi connectivity index (χ1v) is 12.0. The van der Waals surface area contributed by atoms with Gasteiger partial charge in [0.2, 0.25) is 0 Å². The van der Waals surface area contributed by atoms with Crippen molar-refractivity contribution >= 4 is 0 Å². The first-order chi connectivity index (χ1) is 16.6. The molecule has 0 amide bonds. The van der Waals surface area contributed by atoms with Crippen molar-refractivity contribution in [3.05, 3.63) is 143 Å². The third-order valence-electron chi connectivity index (χ3n) is 6.89. The molecule has 1 atom stereocenters. The Morgan fingerprint density at radius 3 is 1.79 bits per heavy atom. The molecule has 0 bridgehead atoms. The first kappa shape index (κ1) is 23.5. The molecule has 4 aromatic rings. The Morgan fingerprint density at radius 1 is 0.706 bits per heavy atom. The second kappa shape index (κ2) is 11.0. The molecule has 0 aromatic heterocycles. The second-order valence-electron chi connectivity index (χ2n) is 9.02. The molecule has 0 heterocycles. The number of nitrogens with zero attached hydrogens (tertiary/aromatic N) is 1. The summed E-state index contributed by atoms with van der Waals surface area (Å²) in [6, 6.07) is 40.8. The SMILES string of the molecule is Cc1ccc(C(CCC(C#N)NCc2ccccc2)(c2ccccc2)c2ccccc2)cc1C. The molecule has 170 valence electrons. The zero-order valence-corrected chi connectivity index (χ0v) is 20.0. The van der Waals surface area contributed by atoms with E-state index in [-0.39, 0.29) is 11.5 Å². The molecule has 1 unspecified atom stereocenters. The van der Waals surface area contributed by atoms with Crippen molar-refractivity contribution in [1.29, 1.82) is 5.26 Å². The number of rotatable bonds is 9. The van der Waals surface area contributed by atoms with E-state index in [4.69, 9.17) is 0 Å². The van der Waals surface area contributed by atoms with Crippen LogP contribution in [0.25, 0.3) is 0 Å². The Morgan fingerprint density at radius 2 is 1.26 bits per heavy atom. The van der Waals surface area contributed by atoms with Crippen LogP contribution in [0.5, 0.6) is 0 Å². The van der Waals surface area contributed by atoms with Gasteiger partial charge in [0.1, 0.15) is 0 Å². The lowest BCUT2D eigenvalue weighted by molar-refractivity contribution is 0.471. The van der Waals surface area contributed by atoms with E-state index in [9.17, 15) is 5.26 Å². The fourth-order valence-corrected chi connectivity index (χ4v) is 4.80. The fraction of sp³-hybridized carbons (Fsp3) is 0.219. The number of hydrogen-bond donors (Lipinski definition) is 1. The van der Waals surface area contributed by atoms with E-state index >= 15 is 0 Å². The van der Waals surface area contributed by atoms with E-state index in [0.717, 1.165) is 12.8 Å². The summed E-state index contributed by atoms with van der Waals surface area (Å²) in [5.41, 5.74) is 7.20. The first-order valence-electron chi connectivity index (χ1n) is 12.0. The summed E-state index contributed by atoms with van der Waals surface area (Å²) in [6.45, 7) is 5.02. The van der Waals surface area contributed by atoms with Gasteiger partial charge in [-0.25, -0.2) is 0 Å². The van der Waals surface area contributed by atoms with Crippen molar-refractivity contribution in [2.75, 3.05) is 0 Å². The quantitative estimate of drug-likeness (QED) is 0.279. The Labute approximate surface area is 203 Å². The maximum atomic E-state index is 9.98. The molecule has 1 N–H and O–H groups in total. The summed E-state index contributed by atoms with van der Waals surface area (Å²) in [7, 11) is 0. The maximum Gasteiger partial charge on any atom is 0.0956 e. The highest BCUT2D eigenvalue weighted by atomic mass is 14.9. The van der Waals surface area contributed by atoms with Crippen molar-refractivity contribution in [3.63, 3.8) is 0 Å². The van der Waals surface area contributed by atoms with Gasteiger partial charge in [0.05, 0.1) is 12.1 Å². The van der Waals surface area contributed by atoms with Gasteiger partial charge < -0.3 is 0 Å². The summed E-state index contributed by atoms with van der Waals surface area (Å²) >= 11 is 0. The van der Waals surface area contributed by atoms with Crippen molar-refractivity contribution in [2.24, 2.45) is 0 Å². The van der Waals surface area contributed by atoms with Crippen LogP contribution in [0.4, 0.5) is 0 Å². The molecular formula is C32H32N2. The average molecular weight is 445 g/mol. The molecule has 0 fully saturated rings. The lowest BCUT2D eigenvalue weighted by Gasteiger charge is -2.37. The molecule has 0 aliphatic heterocycles. The van der Waals surface area contributed by atoms with Gasteiger partial charge >= 0.3 is 0 Å². The third kappa shape index (κ3) is 5.11. The van der Waals surface area contributed by atoms with Crippen LogP contribution >= 0.6 is 0 Å². The minimum Gasteiger partial charge on any atom is -0.298 e. The summed E-state index contributed by atoms with van der Waals surface area (Å²) in [4.78, 5) is 0. The van der Waals surface area contributed by atoms with Gasteiger partial charge in [-0.05, 0) is 60.1 Å². The molecular weight excluding hydrogens is 412 g/mol. The van der Waals surface area contributed by atoms with Crippen LogP contribution in [0.1, 0.15) is 46.2 Å². The van der Waals surface area contributed by atoms with E-state index in [2.05, 4.69) is 116 Å². The van der Waals surface area contributed by atoms with Crippen LogP contribution in [0.2, 0.25) is 0 Å². The molecule has 0 spiro atoms. The molecule has 0 aliphatic rings. The molecule has 0 radical (unpaired) electrons. The summed E-state index contributed by atoms with van der Waals surface area (Å²) in [5, 5.41) is 13.5. The minimum absolute atomic E-state index is 0.237. The van der Waals surface area contributed by atoms with E-state index < -0.39 is 0 Å². The van der Waals surface area contributed by atoms with E-state index in [1.54, 1.807) is 0 Å². The molecule has 0 aliphatic carbocycles. The van der Waals surface area contributed by atoms with Crippen LogP contribution in [0, 0.1) is 25.2 Å². The predicted octanol–water partition coefficient (Wildman–Crippen LogP) is 7.10. The minimum atomic E-state index is -0.343. The maximum absolute atomic E-state index is 9.98. The average Bonchev–Trinajstić information content (AvgIpc) is 2.90. The summed E-state index contributed by atoms with van der Waals surface area (Å²) < 4.78 is 0. The van der Waals surface area contributed by atoms with Gasteiger partial charge in [-0.2, -0.15) is 5.26 Å². The highest BCUT2D eigenvalue weighted by Crippen LogP contribution is 2.43. The highest BCUT2D eigenvalue weighted by Gasteiger charge is 2.36. The van der Waals surface area contributed by atoms with E-state index in [1.807, 2.05) is 18.2 Å². The van der Waals surface area contributed by atoms with Crippen LogP contribution in [0.3, 0.4) is 0 Å². The number of nitrogens with one attached hydrogen (secondary N) is 1. The Bertz CT molecular complexity index is 1190. The third-order valence-corrected chi connectivity index (χ3v) is 6.89. The summed E-state index contributed by atoms with van der Waals surface area (Å²) in [6.07, 6.45) is 1.56. The second-order valence-corrected chi connectivity index (χ2v) is 9.02. The van der Waals surface area contributed by atoms with Gasteiger partial charge in [-0.1, -0.05) is 109 Å². The predicted molar refractivity (Wildman–Crippen MR) is 141 cm³/mol. The zero-order chi connectivity index (χ0) is 23.8. The summed E-state index contributed by atoms with van der Waals surface area (Å²) in [5.74, 6) is 0. The number of nitriles is 1. The van der Waals surface area contributed by atoms with Crippen LogP contribution < -0.4 is 5.32 Å². The number of hydrogen-bond acceptors (Lipinski definition) is 2. The van der Waals surface area contributed by atoms with Crippen molar-refractivity contribution < 1.29 is 0 Å². The van der Waals surface area contributed by atoms with E-state index in [0.29, 0.717) is 6.54 Å². The molecule has 0 saturated carbocycles. The van der Waals surface area contributed by atoms with Gasteiger partial charge in [0, 0.05) is 12.0 Å². The number of aryl methyl sites for hydroxylation is 2. The normalized spacial score (nSPS) is 12.1. The van der Waals surface area contributed by atoms with Crippen molar-refractivity contribution in [3.8, 4) is 6.07 Å². The van der Waals surface area contributed by atoms with Crippen molar-refractivity contribution in [1.82, 2.24) is 5.32 Å². The Hall–Kier alpha value is -3.67. The molecule has 2 nitrogen and oxygen atoms in total. The monoisotopic (exact) mass is 444 g/mol. The largest absolute Gasteiger partial charge is 0.298 e. The zero-order valence-electron chi connectivity index (χ0n) is 20.0. The lowest BCUT2D eigenvalue weighted by Crippen LogP contribution is -2.34. The van der Waals surface area contributed by atoms with E-state index in [1.165, 1.54) is 33.4 Å². The van der Waals surface area contributed by atoms with Gasteiger partial charge in [0.15, 0.2) is 0 Å². The van der Waals surface area contributed by atoms with Gasteiger partial charge in [-0.15, -0.1) is 0 Å². The smallest absolute Gasteiger partial charge is 0.0956 e. The molecule has 2 heteroatoms. The fourth-order valence-electron chi connectivity index (χ4n) is 4.80. The van der Waals surface area contributed by atoms with Gasteiger partial charge in [0.25, 0.3) is 0 Å². The van der Waals surface area contributed by atoms with Crippen molar-refractivity contribution in [2.45, 2.75) is 44.7 Å². The van der Waals surface area contributed by atoms with Gasteiger partial charge in [-0.3, -0.25) is 5.32 Å². The topological polar surface area (TPSA) is 35.8 Å². The Kier molecular flexibility index (Phi) is 7.58. The molecule has 4 rings (SSSR count). The number of benzene rings is 4.